The summed E-state index contributed by atoms with van der Waals surface area (Å²) in [7, 11) is 0. The molecule has 2 nitrogen and oxygen atoms in total. The summed E-state index contributed by atoms with van der Waals surface area (Å²) in [5, 5.41) is 2.39. The summed E-state index contributed by atoms with van der Waals surface area (Å²) >= 11 is 3.74. The Labute approximate surface area is 176 Å². The van der Waals surface area contributed by atoms with Crippen LogP contribution in [0.25, 0.3) is 22.9 Å². The lowest BCUT2D eigenvalue weighted by atomic mass is 10.1. The van der Waals surface area contributed by atoms with Crippen molar-refractivity contribution in [2.24, 2.45) is 0 Å². The number of unbranched alkanes of at least 4 members (excludes halogenated alkanes) is 5. The summed E-state index contributed by atoms with van der Waals surface area (Å²) in [5.74, 6) is 0.932. The fourth-order valence-corrected chi connectivity index (χ4v) is 3.84. The van der Waals surface area contributed by atoms with Crippen LogP contribution in [0.5, 0.6) is 5.75 Å². The van der Waals surface area contributed by atoms with E-state index in [0.717, 1.165) is 28.8 Å². The molecule has 146 valence electrons. The second kappa shape index (κ2) is 11.0. The van der Waals surface area contributed by atoms with Gasteiger partial charge in [-0.1, -0.05) is 69.4 Å². The third-order valence-electron chi connectivity index (χ3n) is 4.87. The van der Waals surface area contributed by atoms with Gasteiger partial charge >= 0.3 is 0 Å². The standard InChI is InChI=1S/C25H28BrNO/c1-2-3-4-5-6-7-18-28-24-13-11-22-19-21(10-12-23(22)25(24)26)9-8-20-14-16-27-17-15-20/h8-17,19H,2-7,18H2,1H3/b9-8+. The van der Waals surface area contributed by atoms with Gasteiger partial charge in [0.25, 0.3) is 0 Å². The van der Waals surface area contributed by atoms with E-state index in [1.807, 2.05) is 24.5 Å². The van der Waals surface area contributed by atoms with Gasteiger partial charge in [-0.2, -0.15) is 0 Å². The third-order valence-corrected chi connectivity index (χ3v) is 5.69. The number of halogens is 1. The van der Waals surface area contributed by atoms with Crippen LogP contribution in [0.3, 0.4) is 0 Å². The van der Waals surface area contributed by atoms with Gasteiger partial charge < -0.3 is 4.74 Å². The van der Waals surface area contributed by atoms with Crippen LogP contribution in [-0.2, 0) is 0 Å². The highest BCUT2D eigenvalue weighted by atomic mass is 79.9. The van der Waals surface area contributed by atoms with E-state index in [9.17, 15) is 0 Å². The van der Waals surface area contributed by atoms with E-state index in [0.29, 0.717) is 0 Å². The molecule has 3 aromatic rings. The smallest absolute Gasteiger partial charge is 0.134 e. The number of hydrogen-bond acceptors (Lipinski definition) is 2. The van der Waals surface area contributed by atoms with Crippen LogP contribution in [-0.4, -0.2) is 11.6 Å². The Morgan fingerprint density at radius 3 is 2.43 bits per heavy atom. The van der Waals surface area contributed by atoms with Crippen molar-refractivity contribution in [2.75, 3.05) is 6.61 Å². The first-order valence-electron chi connectivity index (χ1n) is 10.2. The molecule has 0 fully saturated rings. The molecule has 0 atom stereocenters. The number of ether oxygens (including phenoxy) is 1. The Kier molecular flexibility index (Phi) is 8.10. The van der Waals surface area contributed by atoms with Gasteiger partial charge in [0, 0.05) is 12.4 Å². The number of pyridine rings is 1. The van der Waals surface area contributed by atoms with E-state index in [-0.39, 0.29) is 0 Å². The fourth-order valence-electron chi connectivity index (χ4n) is 3.24. The molecule has 0 radical (unpaired) electrons. The lowest BCUT2D eigenvalue weighted by Crippen LogP contribution is -1.98. The second-order valence-electron chi connectivity index (χ2n) is 7.09. The minimum absolute atomic E-state index is 0.781. The summed E-state index contributed by atoms with van der Waals surface area (Å²) in [5.41, 5.74) is 2.33. The van der Waals surface area contributed by atoms with Crippen LogP contribution < -0.4 is 4.74 Å². The van der Waals surface area contributed by atoms with E-state index in [1.54, 1.807) is 0 Å². The maximum Gasteiger partial charge on any atom is 0.134 e. The van der Waals surface area contributed by atoms with Crippen molar-refractivity contribution in [3.8, 4) is 5.75 Å². The van der Waals surface area contributed by atoms with Crippen molar-refractivity contribution in [2.45, 2.75) is 45.4 Å². The number of aromatic nitrogens is 1. The number of hydrogen-bond donors (Lipinski definition) is 0. The van der Waals surface area contributed by atoms with Gasteiger partial charge in [-0.3, -0.25) is 4.98 Å². The zero-order valence-electron chi connectivity index (χ0n) is 16.5. The Hall–Kier alpha value is -2.13. The molecule has 2 aromatic carbocycles. The SMILES string of the molecule is CCCCCCCCOc1ccc2cc(/C=C/c3ccncc3)ccc2c1Br. The van der Waals surface area contributed by atoms with Gasteiger partial charge in [-0.15, -0.1) is 0 Å². The molecule has 28 heavy (non-hydrogen) atoms. The quantitative estimate of drug-likeness (QED) is 0.300. The van der Waals surface area contributed by atoms with Crippen LogP contribution in [0.2, 0.25) is 0 Å². The van der Waals surface area contributed by atoms with Crippen LogP contribution >= 0.6 is 15.9 Å². The molecule has 0 unspecified atom stereocenters. The van der Waals surface area contributed by atoms with Crippen molar-refractivity contribution in [1.82, 2.24) is 4.98 Å². The number of nitrogens with zero attached hydrogens (tertiary/aromatic N) is 1. The molecular formula is C25H28BrNO. The molecule has 0 amide bonds. The zero-order chi connectivity index (χ0) is 19.6. The van der Waals surface area contributed by atoms with Gasteiger partial charge in [0.15, 0.2) is 0 Å². The first kappa shape index (κ1) is 20.6. The monoisotopic (exact) mass is 437 g/mol. The fraction of sp³-hybridized carbons (Fsp3) is 0.320. The molecule has 0 aliphatic carbocycles. The minimum atomic E-state index is 0.781. The largest absolute Gasteiger partial charge is 0.492 e. The predicted molar refractivity (Wildman–Crippen MR) is 124 cm³/mol. The normalized spacial score (nSPS) is 11.4. The summed E-state index contributed by atoms with van der Waals surface area (Å²) in [6.07, 6.45) is 15.5. The van der Waals surface area contributed by atoms with E-state index in [4.69, 9.17) is 4.74 Å². The molecule has 3 rings (SSSR count). The van der Waals surface area contributed by atoms with Gasteiger partial charge in [-0.25, -0.2) is 0 Å². The average molecular weight is 438 g/mol. The third kappa shape index (κ3) is 5.93. The highest BCUT2D eigenvalue weighted by Crippen LogP contribution is 2.34. The van der Waals surface area contributed by atoms with Crippen molar-refractivity contribution in [3.63, 3.8) is 0 Å². The van der Waals surface area contributed by atoms with Gasteiger partial charge in [0.1, 0.15) is 5.75 Å². The molecule has 0 aliphatic heterocycles. The van der Waals surface area contributed by atoms with E-state index in [1.165, 1.54) is 48.4 Å². The first-order valence-corrected chi connectivity index (χ1v) is 11.0. The second-order valence-corrected chi connectivity index (χ2v) is 7.88. The average Bonchev–Trinajstić information content (AvgIpc) is 2.74. The van der Waals surface area contributed by atoms with Crippen molar-refractivity contribution >= 4 is 38.9 Å². The Morgan fingerprint density at radius 2 is 1.61 bits per heavy atom. The molecule has 0 aliphatic rings. The lowest BCUT2D eigenvalue weighted by molar-refractivity contribution is 0.303. The number of fused-ring (bicyclic) bond motifs is 1. The minimum Gasteiger partial charge on any atom is -0.492 e. The molecule has 1 aromatic heterocycles. The highest BCUT2D eigenvalue weighted by Gasteiger charge is 2.06. The lowest BCUT2D eigenvalue weighted by Gasteiger charge is -2.11. The van der Waals surface area contributed by atoms with Crippen LogP contribution in [0.1, 0.15) is 56.6 Å². The number of rotatable bonds is 10. The van der Waals surface area contributed by atoms with Crippen LogP contribution in [0.4, 0.5) is 0 Å². The van der Waals surface area contributed by atoms with Gasteiger partial charge in [0.2, 0.25) is 0 Å². The summed E-state index contributed by atoms with van der Waals surface area (Å²) in [4.78, 5) is 4.05. The predicted octanol–water partition coefficient (Wildman–Crippen LogP) is 7.91. The summed E-state index contributed by atoms with van der Waals surface area (Å²) in [6, 6.07) is 14.7. The molecule has 0 bridgehead atoms. The Morgan fingerprint density at radius 1 is 0.857 bits per heavy atom. The molecule has 3 heteroatoms. The maximum atomic E-state index is 6.02. The molecule has 0 spiro atoms. The molecule has 1 heterocycles. The first-order chi connectivity index (χ1) is 13.8. The molecule has 0 saturated carbocycles. The van der Waals surface area contributed by atoms with Crippen molar-refractivity contribution < 1.29 is 4.74 Å². The van der Waals surface area contributed by atoms with Gasteiger partial charge in [-0.05, 0) is 68.5 Å². The van der Waals surface area contributed by atoms with E-state index in [2.05, 4.69) is 70.3 Å². The highest BCUT2D eigenvalue weighted by molar-refractivity contribution is 9.10. The Bertz CT molecular complexity index is 905. The maximum absolute atomic E-state index is 6.02. The van der Waals surface area contributed by atoms with Crippen molar-refractivity contribution in [3.05, 3.63) is 70.5 Å². The van der Waals surface area contributed by atoms with Gasteiger partial charge in [0.05, 0.1) is 11.1 Å². The summed E-state index contributed by atoms with van der Waals surface area (Å²) < 4.78 is 7.06. The summed E-state index contributed by atoms with van der Waals surface area (Å²) in [6.45, 7) is 3.03. The van der Waals surface area contributed by atoms with Crippen molar-refractivity contribution in [1.29, 1.82) is 0 Å². The molecule has 0 saturated heterocycles. The molecule has 0 N–H and O–H groups in total. The van der Waals surface area contributed by atoms with Crippen LogP contribution in [0.15, 0.2) is 59.3 Å². The van der Waals surface area contributed by atoms with E-state index >= 15 is 0 Å². The van der Waals surface area contributed by atoms with Crippen LogP contribution in [0, 0.1) is 0 Å². The Balaban J connectivity index is 1.61. The number of benzene rings is 2. The zero-order valence-corrected chi connectivity index (χ0v) is 18.1. The van der Waals surface area contributed by atoms with E-state index < -0.39 is 0 Å². The topological polar surface area (TPSA) is 22.1 Å². The molecular weight excluding hydrogens is 410 g/mol.